The fourth-order valence-corrected chi connectivity index (χ4v) is 2.50. The zero-order chi connectivity index (χ0) is 15.2. The van der Waals surface area contributed by atoms with Gasteiger partial charge in [-0.05, 0) is 25.7 Å². The molecule has 0 aromatic heterocycles. The largest absolute Gasteiger partial charge is 0.457 e. The fraction of sp³-hybridized carbons (Fsp3) is 0.857. The molecule has 0 aromatic rings. The van der Waals surface area contributed by atoms with E-state index < -0.39 is 24.8 Å². The SMILES string of the molecule is CC(=O)O[C@H]1CCCO[C@@H]1O[C@H]1OCCC[C@H]1OC(C)=O. The Labute approximate surface area is 123 Å². The summed E-state index contributed by atoms with van der Waals surface area (Å²) in [6.45, 7) is 3.77. The fourth-order valence-electron chi connectivity index (χ4n) is 2.50. The summed E-state index contributed by atoms with van der Waals surface area (Å²) >= 11 is 0. The molecule has 0 unspecified atom stereocenters. The van der Waals surface area contributed by atoms with Gasteiger partial charge >= 0.3 is 11.9 Å². The highest BCUT2D eigenvalue weighted by molar-refractivity contribution is 5.66. The Balaban J connectivity index is 1.95. The minimum Gasteiger partial charge on any atom is -0.457 e. The van der Waals surface area contributed by atoms with Gasteiger partial charge in [0, 0.05) is 13.8 Å². The van der Waals surface area contributed by atoms with Crippen molar-refractivity contribution in [2.24, 2.45) is 0 Å². The van der Waals surface area contributed by atoms with Gasteiger partial charge in [-0.1, -0.05) is 0 Å². The van der Waals surface area contributed by atoms with E-state index in [9.17, 15) is 9.59 Å². The van der Waals surface area contributed by atoms with E-state index in [1.165, 1.54) is 13.8 Å². The molecule has 0 amide bonds. The van der Waals surface area contributed by atoms with Gasteiger partial charge in [-0.3, -0.25) is 9.59 Å². The van der Waals surface area contributed by atoms with Gasteiger partial charge in [0.1, 0.15) is 0 Å². The van der Waals surface area contributed by atoms with E-state index in [1.54, 1.807) is 0 Å². The van der Waals surface area contributed by atoms with Gasteiger partial charge in [0.2, 0.25) is 0 Å². The molecular formula is C14H22O7. The highest BCUT2D eigenvalue weighted by atomic mass is 16.8. The molecule has 2 heterocycles. The van der Waals surface area contributed by atoms with E-state index in [0.717, 1.165) is 12.8 Å². The molecule has 120 valence electrons. The van der Waals surface area contributed by atoms with E-state index in [1.807, 2.05) is 0 Å². The van der Waals surface area contributed by atoms with Crippen molar-refractivity contribution in [2.45, 2.75) is 64.3 Å². The predicted molar refractivity (Wildman–Crippen MR) is 70.1 cm³/mol. The molecule has 0 radical (unpaired) electrons. The summed E-state index contributed by atoms with van der Waals surface area (Å²) in [7, 11) is 0. The lowest BCUT2D eigenvalue weighted by Crippen LogP contribution is -2.47. The summed E-state index contributed by atoms with van der Waals surface area (Å²) in [4.78, 5) is 22.3. The number of carbonyl (C=O) groups is 2. The third-order valence-corrected chi connectivity index (χ3v) is 3.34. The van der Waals surface area contributed by atoms with Crippen molar-refractivity contribution in [1.82, 2.24) is 0 Å². The number of hydrogen-bond donors (Lipinski definition) is 0. The van der Waals surface area contributed by atoms with Crippen molar-refractivity contribution in [3.63, 3.8) is 0 Å². The van der Waals surface area contributed by atoms with Crippen LogP contribution in [0.4, 0.5) is 0 Å². The Morgan fingerprint density at radius 3 is 1.67 bits per heavy atom. The third-order valence-electron chi connectivity index (χ3n) is 3.34. The van der Waals surface area contributed by atoms with Gasteiger partial charge in [0.15, 0.2) is 24.8 Å². The Morgan fingerprint density at radius 2 is 1.29 bits per heavy atom. The number of carbonyl (C=O) groups excluding carboxylic acids is 2. The Kier molecular flexibility index (Phi) is 5.96. The molecule has 2 saturated heterocycles. The average molecular weight is 302 g/mol. The lowest BCUT2D eigenvalue weighted by molar-refractivity contribution is -0.314. The molecular weight excluding hydrogens is 280 g/mol. The minimum atomic E-state index is -0.691. The molecule has 2 rings (SSSR count). The summed E-state index contributed by atoms with van der Waals surface area (Å²) in [5.74, 6) is -0.750. The van der Waals surface area contributed by atoms with Crippen LogP contribution < -0.4 is 0 Å². The first-order chi connectivity index (χ1) is 10.1. The third kappa shape index (κ3) is 4.94. The molecule has 7 heteroatoms. The maximum Gasteiger partial charge on any atom is 0.303 e. The van der Waals surface area contributed by atoms with E-state index in [0.29, 0.717) is 26.1 Å². The van der Waals surface area contributed by atoms with E-state index >= 15 is 0 Å². The summed E-state index contributed by atoms with van der Waals surface area (Å²) < 4.78 is 27.2. The lowest BCUT2D eigenvalue weighted by Gasteiger charge is -2.37. The van der Waals surface area contributed by atoms with Crippen LogP contribution in [0.5, 0.6) is 0 Å². The number of rotatable bonds is 4. The van der Waals surface area contributed by atoms with Gasteiger partial charge in [0.25, 0.3) is 0 Å². The molecule has 0 bridgehead atoms. The molecule has 21 heavy (non-hydrogen) atoms. The second-order valence-corrected chi connectivity index (χ2v) is 5.19. The van der Waals surface area contributed by atoms with Gasteiger partial charge in [-0.15, -0.1) is 0 Å². The van der Waals surface area contributed by atoms with E-state index in [4.69, 9.17) is 23.7 Å². The zero-order valence-corrected chi connectivity index (χ0v) is 12.4. The first kappa shape index (κ1) is 16.2. The van der Waals surface area contributed by atoms with Crippen LogP contribution in [-0.4, -0.2) is 49.9 Å². The summed E-state index contributed by atoms with van der Waals surface area (Å²) in [5, 5.41) is 0. The molecule has 2 aliphatic rings. The van der Waals surface area contributed by atoms with Gasteiger partial charge in [0.05, 0.1) is 13.2 Å². The highest BCUT2D eigenvalue weighted by Crippen LogP contribution is 2.25. The first-order valence-electron chi connectivity index (χ1n) is 7.29. The molecule has 7 nitrogen and oxygen atoms in total. The van der Waals surface area contributed by atoms with Crippen LogP contribution in [0, 0.1) is 0 Å². The van der Waals surface area contributed by atoms with E-state index in [-0.39, 0.29) is 11.9 Å². The van der Waals surface area contributed by atoms with Crippen LogP contribution >= 0.6 is 0 Å². The number of esters is 2. The molecule has 0 N–H and O–H groups in total. The van der Waals surface area contributed by atoms with Crippen LogP contribution in [0.1, 0.15) is 39.5 Å². The smallest absolute Gasteiger partial charge is 0.303 e. The van der Waals surface area contributed by atoms with Crippen molar-refractivity contribution in [1.29, 1.82) is 0 Å². The highest BCUT2D eigenvalue weighted by Gasteiger charge is 2.37. The quantitative estimate of drug-likeness (QED) is 0.720. The van der Waals surface area contributed by atoms with Crippen molar-refractivity contribution < 1.29 is 33.3 Å². The van der Waals surface area contributed by atoms with Crippen molar-refractivity contribution >= 4 is 11.9 Å². The molecule has 0 aromatic carbocycles. The second kappa shape index (κ2) is 7.72. The van der Waals surface area contributed by atoms with Crippen LogP contribution in [-0.2, 0) is 33.3 Å². The number of ether oxygens (including phenoxy) is 5. The summed E-state index contributed by atoms with van der Waals surface area (Å²) in [6.07, 6.45) is 0.657. The Bertz CT molecular complexity index is 336. The second-order valence-electron chi connectivity index (χ2n) is 5.19. The first-order valence-corrected chi connectivity index (χ1v) is 7.29. The maximum absolute atomic E-state index is 11.1. The summed E-state index contributed by atoms with van der Waals surface area (Å²) in [5.41, 5.74) is 0. The molecule has 4 atom stereocenters. The van der Waals surface area contributed by atoms with Crippen molar-refractivity contribution in [3.8, 4) is 0 Å². The molecule has 0 spiro atoms. The van der Waals surface area contributed by atoms with E-state index in [2.05, 4.69) is 0 Å². The standard InChI is InChI=1S/C14H22O7/c1-9(15)19-11-5-3-7-17-13(11)21-14-12(20-10(2)16)6-4-8-18-14/h11-14H,3-8H2,1-2H3/t11-,12+,13-,14-/m1/s1. The lowest BCUT2D eigenvalue weighted by atomic mass is 10.1. The normalized spacial score (nSPS) is 33.2. The van der Waals surface area contributed by atoms with Gasteiger partial charge in [-0.2, -0.15) is 0 Å². The van der Waals surface area contributed by atoms with Crippen LogP contribution in [0.2, 0.25) is 0 Å². The number of hydrogen-bond acceptors (Lipinski definition) is 7. The van der Waals surface area contributed by atoms with Crippen molar-refractivity contribution in [3.05, 3.63) is 0 Å². The van der Waals surface area contributed by atoms with Gasteiger partial charge < -0.3 is 23.7 Å². The van der Waals surface area contributed by atoms with Gasteiger partial charge in [-0.25, -0.2) is 0 Å². The monoisotopic (exact) mass is 302 g/mol. The molecule has 2 aliphatic heterocycles. The topological polar surface area (TPSA) is 80.3 Å². The molecule has 0 aliphatic carbocycles. The molecule has 0 saturated carbocycles. The van der Waals surface area contributed by atoms with Crippen LogP contribution in [0.25, 0.3) is 0 Å². The predicted octanol–water partition coefficient (Wildman–Crippen LogP) is 1.14. The zero-order valence-electron chi connectivity index (χ0n) is 12.4. The minimum absolute atomic E-state index is 0.375. The van der Waals surface area contributed by atoms with Crippen LogP contribution in [0.15, 0.2) is 0 Å². The van der Waals surface area contributed by atoms with Crippen molar-refractivity contribution in [2.75, 3.05) is 13.2 Å². The van der Waals surface area contributed by atoms with Crippen LogP contribution in [0.3, 0.4) is 0 Å². The Hall–Kier alpha value is -1.18. The maximum atomic E-state index is 11.1. The molecule has 2 fully saturated rings. The average Bonchev–Trinajstić information content (AvgIpc) is 2.42. The summed E-state index contributed by atoms with van der Waals surface area (Å²) in [6, 6.07) is 0. The Morgan fingerprint density at radius 1 is 0.857 bits per heavy atom.